The first kappa shape index (κ1) is 14.2. The molecular formula is C14H20N6. The molecule has 106 valence electrons. The van der Waals surface area contributed by atoms with Crippen LogP contribution in [0.15, 0.2) is 12.1 Å². The van der Waals surface area contributed by atoms with Crippen molar-refractivity contribution in [3.05, 3.63) is 34.9 Å². The minimum atomic E-state index is 0.658. The zero-order valence-electron chi connectivity index (χ0n) is 12.4. The molecular weight excluding hydrogens is 252 g/mol. The number of anilines is 2. The van der Waals surface area contributed by atoms with Crippen LogP contribution in [0.5, 0.6) is 0 Å². The average Bonchev–Trinajstić information content (AvgIpc) is 2.32. The summed E-state index contributed by atoms with van der Waals surface area (Å²) in [6, 6.07) is 3.90. The highest BCUT2D eigenvalue weighted by atomic mass is 15.1. The van der Waals surface area contributed by atoms with Gasteiger partial charge >= 0.3 is 0 Å². The van der Waals surface area contributed by atoms with Crippen molar-refractivity contribution in [2.75, 3.05) is 23.7 Å². The lowest BCUT2D eigenvalue weighted by atomic mass is 10.3. The van der Waals surface area contributed by atoms with Crippen LogP contribution in [0, 0.1) is 27.7 Å². The topological polar surface area (TPSA) is 75.6 Å². The van der Waals surface area contributed by atoms with Crippen molar-refractivity contribution in [3.63, 3.8) is 0 Å². The van der Waals surface area contributed by atoms with E-state index in [4.69, 9.17) is 0 Å². The highest BCUT2D eigenvalue weighted by Crippen LogP contribution is 2.04. The van der Waals surface area contributed by atoms with Gasteiger partial charge in [0, 0.05) is 35.9 Å². The molecule has 0 aliphatic rings. The van der Waals surface area contributed by atoms with E-state index in [2.05, 4.69) is 30.6 Å². The van der Waals surface area contributed by atoms with E-state index in [1.165, 1.54) is 0 Å². The minimum Gasteiger partial charge on any atom is -0.352 e. The van der Waals surface area contributed by atoms with E-state index in [-0.39, 0.29) is 0 Å². The van der Waals surface area contributed by atoms with Gasteiger partial charge in [-0.25, -0.2) is 19.9 Å². The molecule has 0 spiro atoms. The van der Waals surface area contributed by atoms with E-state index in [1.807, 2.05) is 39.8 Å². The predicted octanol–water partition coefficient (Wildman–Crippen LogP) is 2.02. The third-order valence-corrected chi connectivity index (χ3v) is 2.66. The number of hydrogen-bond acceptors (Lipinski definition) is 6. The zero-order valence-corrected chi connectivity index (χ0v) is 12.4. The van der Waals surface area contributed by atoms with Crippen LogP contribution >= 0.6 is 0 Å². The zero-order chi connectivity index (χ0) is 14.5. The first-order valence-corrected chi connectivity index (χ1v) is 6.65. The second kappa shape index (κ2) is 6.27. The Kier molecular flexibility index (Phi) is 4.45. The molecule has 2 rings (SSSR count). The molecule has 0 aliphatic carbocycles. The monoisotopic (exact) mass is 272 g/mol. The molecule has 6 heteroatoms. The van der Waals surface area contributed by atoms with Gasteiger partial charge in [-0.05, 0) is 39.8 Å². The maximum Gasteiger partial charge on any atom is 0.223 e. The summed E-state index contributed by atoms with van der Waals surface area (Å²) in [4.78, 5) is 17.3. The average molecular weight is 272 g/mol. The summed E-state index contributed by atoms with van der Waals surface area (Å²) in [6.45, 7) is 9.25. The van der Waals surface area contributed by atoms with Gasteiger partial charge in [-0.3, -0.25) is 0 Å². The summed E-state index contributed by atoms with van der Waals surface area (Å²) in [5, 5.41) is 6.37. The van der Waals surface area contributed by atoms with Gasteiger partial charge in [-0.15, -0.1) is 0 Å². The van der Waals surface area contributed by atoms with Crippen molar-refractivity contribution in [1.29, 1.82) is 0 Å². The van der Waals surface area contributed by atoms with Gasteiger partial charge in [0.15, 0.2) is 0 Å². The van der Waals surface area contributed by atoms with E-state index in [1.54, 1.807) is 0 Å². The Morgan fingerprint density at radius 1 is 0.650 bits per heavy atom. The summed E-state index contributed by atoms with van der Waals surface area (Å²) in [5.74, 6) is 1.32. The van der Waals surface area contributed by atoms with Gasteiger partial charge in [0.25, 0.3) is 0 Å². The van der Waals surface area contributed by atoms with E-state index >= 15 is 0 Å². The van der Waals surface area contributed by atoms with Crippen molar-refractivity contribution in [3.8, 4) is 0 Å². The number of aromatic nitrogens is 4. The number of aryl methyl sites for hydroxylation is 4. The molecule has 20 heavy (non-hydrogen) atoms. The molecule has 6 nitrogen and oxygen atoms in total. The van der Waals surface area contributed by atoms with Crippen molar-refractivity contribution < 1.29 is 0 Å². The van der Waals surface area contributed by atoms with Gasteiger partial charge in [0.05, 0.1) is 0 Å². The highest BCUT2D eigenvalue weighted by molar-refractivity contribution is 5.30. The lowest BCUT2D eigenvalue weighted by molar-refractivity contribution is 0.963. The second-order valence-electron chi connectivity index (χ2n) is 4.80. The van der Waals surface area contributed by atoms with E-state index < -0.39 is 0 Å². The highest BCUT2D eigenvalue weighted by Gasteiger charge is 2.00. The lowest BCUT2D eigenvalue weighted by Crippen LogP contribution is -2.17. The Bertz CT molecular complexity index is 502. The molecule has 0 atom stereocenters. The Balaban J connectivity index is 1.84. The van der Waals surface area contributed by atoms with Crippen LogP contribution in [0.2, 0.25) is 0 Å². The van der Waals surface area contributed by atoms with Crippen LogP contribution < -0.4 is 10.6 Å². The smallest absolute Gasteiger partial charge is 0.223 e. The fourth-order valence-corrected chi connectivity index (χ4v) is 1.96. The fourth-order valence-electron chi connectivity index (χ4n) is 1.96. The van der Waals surface area contributed by atoms with Crippen LogP contribution in [0.4, 0.5) is 11.9 Å². The Labute approximate surface area is 119 Å². The van der Waals surface area contributed by atoms with Crippen molar-refractivity contribution in [1.82, 2.24) is 19.9 Å². The first-order chi connectivity index (χ1) is 9.52. The number of nitrogens with one attached hydrogen (secondary N) is 2. The Morgan fingerprint density at radius 2 is 0.950 bits per heavy atom. The van der Waals surface area contributed by atoms with E-state index in [0.29, 0.717) is 25.0 Å². The maximum absolute atomic E-state index is 4.33. The lowest BCUT2D eigenvalue weighted by Gasteiger charge is -2.08. The summed E-state index contributed by atoms with van der Waals surface area (Å²) < 4.78 is 0. The molecule has 0 unspecified atom stereocenters. The minimum absolute atomic E-state index is 0.658. The van der Waals surface area contributed by atoms with Crippen LogP contribution in [-0.4, -0.2) is 33.0 Å². The molecule has 0 amide bonds. The van der Waals surface area contributed by atoms with Gasteiger partial charge in [0.2, 0.25) is 11.9 Å². The van der Waals surface area contributed by atoms with Crippen LogP contribution in [0.3, 0.4) is 0 Å². The molecule has 0 saturated carbocycles. The number of rotatable bonds is 5. The molecule has 2 heterocycles. The van der Waals surface area contributed by atoms with Gasteiger partial charge in [-0.1, -0.05) is 0 Å². The Morgan fingerprint density at radius 3 is 1.25 bits per heavy atom. The summed E-state index contributed by atoms with van der Waals surface area (Å²) >= 11 is 0. The second-order valence-corrected chi connectivity index (χ2v) is 4.80. The molecule has 0 aliphatic heterocycles. The fraction of sp³-hybridized carbons (Fsp3) is 0.429. The number of hydrogen-bond donors (Lipinski definition) is 2. The predicted molar refractivity (Wildman–Crippen MR) is 80.0 cm³/mol. The molecule has 0 fully saturated rings. The molecule has 2 aromatic heterocycles. The van der Waals surface area contributed by atoms with E-state index in [9.17, 15) is 0 Å². The first-order valence-electron chi connectivity index (χ1n) is 6.65. The van der Waals surface area contributed by atoms with Crippen molar-refractivity contribution >= 4 is 11.9 Å². The molecule has 0 radical (unpaired) electrons. The van der Waals surface area contributed by atoms with E-state index in [0.717, 1.165) is 22.8 Å². The van der Waals surface area contributed by atoms with Crippen LogP contribution in [0.1, 0.15) is 22.8 Å². The summed E-state index contributed by atoms with van der Waals surface area (Å²) in [7, 11) is 0. The summed E-state index contributed by atoms with van der Waals surface area (Å²) in [6.07, 6.45) is 0. The summed E-state index contributed by atoms with van der Waals surface area (Å²) in [5.41, 5.74) is 3.85. The quantitative estimate of drug-likeness (QED) is 0.811. The molecule has 2 N–H and O–H groups in total. The molecule has 0 bridgehead atoms. The molecule has 0 saturated heterocycles. The normalized spacial score (nSPS) is 10.4. The van der Waals surface area contributed by atoms with Crippen LogP contribution in [-0.2, 0) is 0 Å². The maximum atomic E-state index is 4.33. The largest absolute Gasteiger partial charge is 0.352 e. The third-order valence-electron chi connectivity index (χ3n) is 2.66. The van der Waals surface area contributed by atoms with Gasteiger partial charge in [-0.2, -0.15) is 0 Å². The molecule has 2 aromatic rings. The standard InChI is InChI=1S/C14H20N6/c1-9-7-10(2)18-13(17-9)15-5-6-16-14-19-11(3)8-12(4)20-14/h7-8H,5-6H2,1-4H3,(H,15,17,18)(H,16,19,20). The van der Waals surface area contributed by atoms with Crippen molar-refractivity contribution in [2.24, 2.45) is 0 Å². The Hall–Kier alpha value is -2.24. The van der Waals surface area contributed by atoms with Crippen LogP contribution in [0.25, 0.3) is 0 Å². The van der Waals surface area contributed by atoms with Gasteiger partial charge in [0.1, 0.15) is 0 Å². The molecule has 0 aromatic carbocycles. The van der Waals surface area contributed by atoms with Gasteiger partial charge < -0.3 is 10.6 Å². The van der Waals surface area contributed by atoms with Crippen molar-refractivity contribution in [2.45, 2.75) is 27.7 Å². The SMILES string of the molecule is Cc1cc(C)nc(NCCNc2nc(C)cc(C)n2)n1. The third kappa shape index (κ3) is 4.15. The number of nitrogens with zero attached hydrogens (tertiary/aromatic N) is 4.